The van der Waals surface area contributed by atoms with Crippen LogP contribution in [0.2, 0.25) is 5.02 Å². The number of nitrogens with one attached hydrogen (secondary N) is 2. The first-order valence-corrected chi connectivity index (χ1v) is 9.97. The van der Waals surface area contributed by atoms with Gasteiger partial charge in [0.2, 0.25) is 11.8 Å². The van der Waals surface area contributed by atoms with Gasteiger partial charge in [-0.3, -0.25) is 14.4 Å². The third-order valence-electron chi connectivity index (χ3n) is 3.79. The molecule has 0 fully saturated rings. The quantitative estimate of drug-likeness (QED) is 0.507. The van der Waals surface area contributed by atoms with Crippen molar-refractivity contribution in [3.8, 4) is 5.75 Å². The van der Waals surface area contributed by atoms with Crippen LogP contribution in [0.25, 0.3) is 0 Å². The topological polar surface area (TPSA) is 105 Å². The number of carboxylic acids is 1. The Morgan fingerprint density at radius 1 is 1.14 bits per heavy atom. The van der Waals surface area contributed by atoms with Crippen LogP contribution in [0.5, 0.6) is 5.75 Å². The SMILES string of the molecule is COc1ccc(Cl)cc1NC(=O)C(C)Sc1cccc(NC(=O)CCC(=O)O)c1. The molecule has 0 saturated heterocycles. The van der Waals surface area contributed by atoms with Gasteiger partial charge < -0.3 is 20.5 Å². The maximum Gasteiger partial charge on any atom is 0.303 e. The Kier molecular flexibility index (Phi) is 8.35. The molecule has 2 rings (SSSR count). The minimum atomic E-state index is -1.03. The number of rotatable bonds is 9. The van der Waals surface area contributed by atoms with Gasteiger partial charge in [0.25, 0.3) is 0 Å². The largest absolute Gasteiger partial charge is 0.495 e. The average Bonchev–Trinajstić information content (AvgIpc) is 2.67. The molecule has 154 valence electrons. The van der Waals surface area contributed by atoms with Gasteiger partial charge >= 0.3 is 5.97 Å². The van der Waals surface area contributed by atoms with Crippen molar-refractivity contribution in [2.24, 2.45) is 0 Å². The summed E-state index contributed by atoms with van der Waals surface area (Å²) in [7, 11) is 1.51. The maximum atomic E-state index is 12.6. The molecule has 0 aliphatic rings. The molecule has 0 bridgehead atoms. The number of amides is 2. The van der Waals surface area contributed by atoms with E-state index < -0.39 is 11.2 Å². The summed E-state index contributed by atoms with van der Waals surface area (Å²) < 4.78 is 5.23. The lowest BCUT2D eigenvalue weighted by Crippen LogP contribution is -2.22. The lowest BCUT2D eigenvalue weighted by Gasteiger charge is -2.15. The second-order valence-corrected chi connectivity index (χ2v) is 7.91. The fraction of sp³-hybridized carbons (Fsp3) is 0.250. The molecule has 29 heavy (non-hydrogen) atoms. The van der Waals surface area contributed by atoms with Crippen LogP contribution in [-0.4, -0.2) is 35.2 Å². The molecule has 1 unspecified atom stereocenters. The first kappa shape index (κ1) is 22.6. The second kappa shape index (κ2) is 10.7. The molecule has 9 heteroatoms. The van der Waals surface area contributed by atoms with E-state index in [4.69, 9.17) is 21.4 Å². The van der Waals surface area contributed by atoms with E-state index in [1.165, 1.54) is 18.9 Å². The first-order chi connectivity index (χ1) is 13.8. The number of carbonyl (C=O) groups is 3. The van der Waals surface area contributed by atoms with Gasteiger partial charge in [0.1, 0.15) is 5.75 Å². The van der Waals surface area contributed by atoms with E-state index in [2.05, 4.69) is 10.6 Å². The predicted octanol–water partition coefficient (Wildman–Crippen LogP) is 4.27. The van der Waals surface area contributed by atoms with Crippen molar-refractivity contribution in [3.05, 3.63) is 47.5 Å². The lowest BCUT2D eigenvalue weighted by atomic mass is 10.2. The Morgan fingerprint density at radius 2 is 1.90 bits per heavy atom. The van der Waals surface area contributed by atoms with Crippen molar-refractivity contribution in [1.29, 1.82) is 0 Å². The highest BCUT2D eigenvalue weighted by Crippen LogP contribution is 2.30. The second-order valence-electron chi connectivity index (χ2n) is 6.06. The number of aliphatic carboxylic acids is 1. The number of anilines is 2. The highest BCUT2D eigenvalue weighted by molar-refractivity contribution is 8.00. The Labute approximate surface area is 177 Å². The van der Waals surface area contributed by atoms with Crippen LogP contribution in [0.3, 0.4) is 0 Å². The molecular formula is C20H21ClN2O5S. The molecule has 0 aromatic heterocycles. The van der Waals surface area contributed by atoms with Gasteiger partial charge in [-0.25, -0.2) is 0 Å². The van der Waals surface area contributed by atoms with Crippen LogP contribution in [0.15, 0.2) is 47.4 Å². The molecule has 0 heterocycles. The van der Waals surface area contributed by atoms with Crippen LogP contribution in [0.4, 0.5) is 11.4 Å². The normalized spacial score (nSPS) is 11.4. The number of methoxy groups -OCH3 is 1. The van der Waals surface area contributed by atoms with Crippen molar-refractivity contribution in [2.75, 3.05) is 17.7 Å². The zero-order chi connectivity index (χ0) is 21.4. The number of ether oxygens (including phenoxy) is 1. The summed E-state index contributed by atoms with van der Waals surface area (Å²) in [6.07, 6.45) is -0.336. The van der Waals surface area contributed by atoms with Crippen LogP contribution in [0.1, 0.15) is 19.8 Å². The fourth-order valence-corrected chi connectivity index (χ4v) is 3.46. The summed E-state index contributed by atoms with van der Waals surface area (Å²) in [4.78, 5) is 35.7. The van der Waals surface area contributed by atoms with Crippen molar-refractivity contribution >= 4 is 52.5 Å². The Balaban J connectivity index is 1.99. The molecular weight excluding hydrogens is 416 g/mol. The van der Waals surface area contributed by atoms with E-state index in [-0.39, 0.29) is 24.7 Å². The minimum absolute atomic E-state index is 0.104. The number of thioether (sulfide) groups is 1. The lowest BCUT2D eigenvalue weighted by molar-refractivity contribution is -0.138. The molecule has 2 aromatic rings. The maximum absolute atomic E-state index is 12.6. The fourth-order valence-electron chi connectivity index (χ4n) is 2.36. The molecule has 0 aliphatic carbocycles. The highest BCUT2D eigenvalue weighted by Gasteiger charge is 2.17. The number of carbonyl (C=O) groups excluding carboxylic acids is 2. The number of carboxylic acid groups (broad SMARTS) is 1. The van der Waals surface area contributed by atoms with Gasteiger partial charge in [0.05, 0.1) is 24.5 Å². The van der Waals surface area contributed by atoms with E-state index >= 15 is 0 Å². The van der Waals surface area contributed by atoms with Crippen molar-refractivity contribution < 1.29 is 24.2 Å². The van der Waals surface area contributed by atoms with Gasteiger partial charge in [-0.05, 0) is 43.3 Å². The van der Waals surface area contributed by atoms with Gasteiger partial charge in [0.15, 0.2) is 0 Å². The van der Waals surface area contributed by atoms with Crippen LogP contribution < -0.4 is 15.4 Å². The summed E-state index contributed by atoms with van der Waals surface area (Å²) in [6, 6.07) is 12.0. The number of benzene rings is 2. The molecule has 2 aromatic carbocycles. The van der Waals surface area contributed by atoms with Crippen molar-refractivity contribution in [2.45, 2.75) is 29.9 Å². The summed E-state index contributed by atoms with van der Waals surface area (Å²) >= 11 is 7.30. The smallest absolute Gasteiger partial charge is 0.303 e. The summed E-state index contributed by atoms with van der Waals surface area (Å²) in [5, 5.41) is 14.1. The number of halogens is 1. The summed E-state index contributed by atoms with van der Waals surface area (Å²) in [6.45, 7) is 1.76. The molecule has 0 aliphatic heterocycles. The minimum Gasteiger partial charge on any atom is -0.495 e. The molecule has 1 atom stereocenters. The Hall–Kier alpha value is -2.71. The van der Waals surface area contributed by atoms with Gasteiger partial charge in [-0.15, -0.1) is 11.8 Å². The van der Waals surface area contributed by atoms with Crippen LogP contribution in [-0.2, 0) is 14.4 Å². The van der Waals surface area contributed by atoms with Gasteiger partial charge in [-0.2, -0.15) is 0 Å². The van der Waals surface area contributed by atoms with Crippen molar-refractivity contribution in [1.82, 2.24) is 0 Å². The molecule has 0 radical (unpaired) electrons. The molecule has 0 saturated carbocycles. The third-order valence-corrected chi connectivity index (χ3v) is 5.11. The summed E-state index contributed by atoms with van der Waals surface area (Å²) in [5.74, 6) is -1.13. The summed E-state index contributed by atoms with van der Waals surface area (Å²) in [5.41, 5.74) is 1.02. The van der Waals surface area contributed by atoms with Gasteiger partial charge in [0, 0.05) is 22.0 Å². The van der Waals surface area contributed by atoms with E-state index in [9.17, 15) is 14.4 Å². The highest BCUT2D eigenvalue weighted by atomic mass is 35.5. The van der Waals surface area contributed by atoms with E-state index in [1.807, 2.05) is 6.07 Å². The zero-order valence-electron chi connectivity index (χ0n) is 15.9. The first-order valence-electron chi connectivity index (χ1n) is 8.71. The van der Waals surface area contributed by atoms with Crippen LogP contribution in [0, 0.1) is 0 Å². The average molecular weight is 437 g/mol. The molecule has 7 nitrogen and oxygen atoms in total. The Morgan fingerprint density at radius 3 is 2.59 bits per heavy atom. The molecule has 2 amide bonds. The van der Waals surface area contributed by atoms with Crippen molar-refractivity contribution in [3.63, 3.8) is 0 Å². The van der Waals surface area contributed by atoms with E-state index in [0.717, 1.165) is 4.90 Å². The van der Waals surface area contributed by atoms with Crippen LogP contribution >= 0.6 is 23.4 Å². The monoisotopic (exact) mass is 436 g/mol. The number of hydrogen-bond acceptors (Lipinski definition) is 5. The Bertz CT molecular complexity index is 906. The molecule has 0 spiro atoms. The standard InChI is InChI=1S/C20H21ClN2O5S/c1-12(20(27)23-16-10-13(21)6-7-17(16)28-2)29-15-5-3-4-14(11-15)22-18(24)8-9-19(25)26/h3-7,10-12H,8-9H2,1-2H3,(H,22,24)(H,23,27)(H,25,26). The van der Waals surface area contributed by atoms with E-state index in [0.29, 0.717) is 22.1 Å². The third kappa shape index (κ3) is 7.32. The van der Waals surface area contributed by atoms with E-state index in [1.54, 1.807) is 43.3 Å². The zero-order valence-corrected chi connectivity index (χ0v) is 17.5. The predicted molar refractivity (Wildman–Crippen MR) is 114 cm³/mol. The number of hydrogen-bond donors (Lipinski definition) is 3. The molecule has 3 N–H and O–H groups in total. The van der Waals surface area contributed by atoms with Gasteiger partial charge in [-0.1, -0.05) is 17.7 Å².